The molecule has 6 nitrogen and oxygen atoms in total. The van der Waals surface area contributed by atoms with Crippen molar-refractivity contribution in [2.45, 2.75) is 13.3 Å². The van der Waals surface area contributed by atoms with Crippen LogP contribution in [0.3, 0.4) is 0 Å². The Bertz CT molecular complexity index is 815. The first kappa shape index (κ1) is 18.2. The largest absolute Gasteiger partial charge is 0.271 e. The van der Waals surface area contributed by atoms with Crippen molar-refractivity contribution in [3.05, 3.63) is 52.2 Å². The molecular weight excluding hydrogens is 346 g/mol. The molecule has 0 unspecified atom stereocenters. The quantitative estimate of drug-likeness (QED) is 0.604. The van der Waals surface area contributed by atoms with Crippen molar-refractivity contribution < 1.29 is 13.2 Å². The molecule has 24 heavy (non-hydrogen) atoms. The van der Waals surface area contributed by atoms with Crippen LogP contribution < -0.4 is 9.73 Å². The van der Waals surface area contributed by atoms with E-state index in [1.54, 1.807) is 12.1 Å². The SMILES string of the molecule is CCc1ccccc1N(CC(=O)N/N=C\c1cccs1)S(C)(=O)=O. The van der Waals surface area contributed by atoms with Crippen molar-refractivity contribution in [1.29, 1.82) is 0 Å². The van der Waals surface area contributed by atoms with E-state index in [9.17, 15) is 13.2 Å². The molecule has 2 aromatic rings. The fraction of sp³-hybridized carbons (Fsp3) is 0.250. The van der Waals surface area contributed by atoms with Crippen molar-refractivity contribution in [2.75, 3.05) is 17.1 Å². The van der Waals surface area contributed by atoms with Crippen LogP contribution in [0.15, 0.2) is 46.9 Å². The number of hydrogen-bond donors (Lipinski definition) is 1. The third-order valence-electron chi connectivity index (χ3n) is 3.25. The molecule has 1 aromatic carbocycles. The van der Waals surface area contributed by atoms with Crippen LogP contribution in [0.4, 0.5) is 5.69 Å². The maximum atomic E-state index is 12.1. The lowest BCUT2D eigenvalue weighted by Gasteiger charge is -2.23. The smallest absolute Gasteiger partial charge is 0.260 e. The van der Waals surface area contributed by atoms with Crippen LogP contribution in [-0.2, 0) is 21.2 Å². The highest BCUT2D eigenvalue weighted by Gasteiger charge is 2.22. The van der Waals surface area contributed by atoms with Crippen molar-refractivity contribution in [1.82, 2.24) is 5.43 Å². The van der Waals surface area contributed by atoms with Crippen LogP contribution in [0, 0.1) is 0 Å². The lowest BCUT2D eigenvalue weighted by molar-refractivity contribution is -0.119. The predicted molar refractivity (Wildman–Crippen MR) is 98.1 cm³/mol. The van der Waals surface area contributed by atoms with E-state index in [2.05, 4.69) is 10.5 Å². The van der Waals surface area contributed by atoms with Crippen LogP contribution in [0.1, 0.15) is 17.4 Å². The number of carbonyl (C=O) groups is 1. The van der Waals surface area contributed by atoms with E-state index in [1.807, 2.05) is 36.6 Å². The first-order valence-corrected chi connectivity index (χ1v) is 10.1. The number of thiophene rings is 1. The minimum absolute atomic E-state index is 0.322. The van der Waals surface area contributed by atoms with Gasteiger partial charge in [-0.25, -0.2) is 13.8 Å². The average molecular weight is 365 g/mol. The standard InChI is InChI=1S/C16H19N3O3S2/c1-3-13-7-4-5-9-15(13)19(24(2,21)22)12-16(20)18-17-11-14-8-6-10-23-14/h4-11H,3,12H2,1-2H3,(H,18,20)/b17-11-. The fourth-order valence-electron chi connectivity index (χ4n) is 2.13. The van der Waals surface area contributed by atoms with E-state index >= 15 is 0 Å². The Balaban J connectivity index is 2.13. The summed E-state index contributed by atoms with van der Waals surface area (Å²) in [4.78, 5) is 13.0. The molecule has 0 aliphatic rings. The number of para-hydroxylation sites is 1. The number of nitrogens with one attached hydrogen (secondary N) is 1. The number of hydrogen-bond acceptors (Lipinski definition) is 5. The first-order chi connectivity index (χ1) is 11.4. The molecule has 0 fully saturated rings. The maximum Gasteiger partial charge on any atom is 0.260 e. The van der Waals surface area contributed by atoms with Gasteiger partial charge in [0.1, 0.15) is 6.54 Å². The average Bonchev–Trinajstić information content (AvgIpc) is 3.05. The Morgan fingerprint density at radius 1 is 1.29 bits per heavy atom. The number of benzene rings is 1. The Labute approximate surface area is 145 Å². The number of hydrazone groups is 1. The minimum Gasteiger partial charge on any atom is -0.271 e. The second-order valence-electron chi connectivity index (χ2n) is 5.06. The van der Waals surface area contributed by atoms with Crippen molar-refractivity contribution in [2.24, 2.45) is 5.10 Å². The summed E-state index contributed by atoms with van der Waals surface area (Å²) in [7, 11) is -3.59. The van der Waals surface area contributed by atoms with Crippen LogP contribution >= 0.6 is 11.3 Å². The highest BCUT2D eigenvalue weighted by Crippen LogP contribution is 2.23. The molecule has 0 spiro atoms. The lowest BCUT2D eigenvalue weighted by atomic mass is 10.1. The molecule has 1 amide bonds. The fourth-order valence-corrected chi connectivity index (χ4v) is 3.60. The van der Waals surface area contributed by atoms with Gasteiger partial charge in [0.25, 0.3) is 5.91 Å². The number of carbonyl (C=O) groups excluding carboxylic acids is 1. The zero-order chi connectivity index (χ0) is 17.6. The zero-order valence-electron chi connectivity index (χ0n) is 13.5. The molecule has 1 N–H and O–H groups in total. The van der Waals surface area contributed by atoms with E-state index in [0.29, 0.717) is 12.1 Å². The molecule has 2 rings (SSSR count). The van der Waals surface area contributed by atoms with Gasteiger partial charge in [0, 0.05) is 4.88 Å². The molecule has 0 aliphatic heterocycles. The Morgan fingerprint density at radius 3 is 2.67 bits per heavy atom. The van der Waals surface area contributed by atoms with Gasteiger partial charge in [-0.05, 0) is 29.5 Å². The van der Waals surface area contributed by atoms with Crippen LogP contribution in [0.5, 0.6) is 0 Å². The Hall–Kier alpha value is -2.19. The van der Waals surface area contributed by atoms with Crippen molar-refractivity contribution in [3.8, 4) is 0 Å². The van der Waals surface area contributed by atoms with E-state index in [0.717, 1.165) is 21.0 Å². The predicted octanol–water partition coefficient (Wildman–Crippen LogP) is 2.23. The molecule has 0 saturated heterocycles. The summed E-state index contributed by atoms with van der Waals surface area (Å²) in [5.41, 5.74) is 3.73. The summed E-state index contributed by atoms with van der Waals surface area (Å²) in [5.74, 6) is -0.501. The highest BCUT2D eigenvalue weighted by atomic mass is 32.2. The molecule has 128 valence electrons. The molecule has 0 atom stereocenters. The second kappa shape index (κ2) is 8.07. The summed E-state index contributed by atoms with van der Waals surface area (Å²) in [6, 6.07) is 10.9. The van der Waals surface area contributed by atoms with E-state index in [4.69, 9.17) is 0 Å². The zero-order valence-corrected chi connectivity index (χ0v) is 15.1. The van der Waals surface area contributed by atoms with Gasteiger partial charge in [-0.3, -0.25) is 9.10 Å². The molecule has 0 radical (unpaired) electrons. The van der Waals surface area contributed by atoms with Gasteiger partial charge in [0.15, 0.2) is 0 Å². The molecule has 0 aliphatic carbocycles. The number of sulfonamides is 1. The summed E-state index contributed by atoms with van der Waals surface area (Å²) in [5, 5.41) is 5.75. The molecular formula is C16H19N3O3S2. The highest BCUT2D eigenvalue weighted by molar-refractivity contribution is 7.92. The van der Waals surface area contributed by atoms with Gasteiger partial charge in [-0.15, -0.1) is 11.3 Å². The van der Waals surface area contributed by atoms with Gasteiger partial charge in [0.2, 0.25) is 10.0 Å². The van der Waals surface area contributed by atoms with Gasteiger partial charge < -0.3 is 0 Å². The number of rotatable bonds is 7. The van der Waals surface area contributed by atoms with Crippen molar-refractivity contribution >= 4 is 39.2 Å². The van der Waals surface area contributed by atoms with Gasteiger partial charge in [-0.1, -0.05) is 31.2 Å². The summed E-state index contributed by atoms with van der Waals surface area (Å²) in [6.07, 6.45) is 3.27. The summed E-state index contributed by atoms with van der Waals surface area (Å²) >= 11 is 1.49. The normalized spacial score (nSPS) is 11.6. The number of aryl methyl sites for hydroxylation is 1. The summed E-state index contributed by atoms with van der Waals surface area (Å²) < 4.78 is 25.3. The Morgan fingerprint density at radius 2 is 2.04 bits per heavy atom. The van der Waals surface area contributed by atoms with Crippen LogP contribution in [0.25, 0.3) is 0 Å². The lowest BCUT2D eigenvalue weighted by Crippen LogP contribution is -2.39. The monoisotopic (exact) mass is 365 g/mol. The van der Waals surface area contributed by atoms with Gasteiger partial charge in [-0.2, -0.15) is 5.10 Å². The number of amides is 1. The maximum absolute atomic E-state index is 12.1. The number of anilines is 1. The van der Waals surface area contributed by atoms with E-state index < -0.39 is 15.9 Å². The third-order valence-corrected chi connectivity index (χ3v) is 5.19. The van der Waals surface area contributed by atoms with Crippen LogP contribution in [-0.4, -0.2) is 33.3 Å². The van der Waals surface area contributed by atoms with Gasteiger partial charge in [0.05, 0.1) is 18.2 Å². The third kappa shape index (κ3) is 4.90. The molecule has 8 heteroatoms. The first-order valence-electron chi connectivity index (χ1n) is 7.33. The molecule has 0 bridgehead atoms. The Kier molecular flexibility index (Phi) is 6.10. The molecule has 1 heterocycles. The van der Waals surface area contributed by atoms with Crippen molar-refractivity contribution in [3.63, 3.8) is 0 Å². The van der Waals surface area contributed by atoms with Crippen LogP contribution in [0.2, 0.25) is 0 Å². The van der Waals surface area contributed by atoms with E-state index in [-0.39, 0.29) is 6.54 Å². The summed E-state index contributed by atoms with van der Waals surface area (Å²) in [6.45, 7) is 1.61. The number of nitrogens with zero attached hydrogens (tertiary/aromatic N) is 2. The second-order valence-corrected chi connectivity index (χ2v) is 7.95. The molecule has 0 saturated carbocycles. The topological polar surface area (TPSA) is 78.8 Å². The molecule has 1 aromatic heterocycles. The van der Waals surface area contributed by atoms with E-state index in [1.165, 1.54) is 17.6 Å². The minimum atomic E-state index is -3.59. The van der Waals surface area contributed by atoms with Gasteiger partial charge >= 0.3 is 0 Å².